The second-order valence-corrected chi connectivity index (χ2v) is 14.3. The van der Waals surface area contributed by atoms with Crippen LogP contribution in [-0.4, -0.2) is 14.1 Å². The van der Waals surface area contributed by atoms with Crippen LogP contribution in [0.25, 0.3) is 32.9 Å². The number of fused-ring (bicyclic) bond motifs is 2. The molecule has 0 fully saturated rings. The minimum atomic E-state index is -4.39. The van der Waals surface area contributed by atoms with Crippen molar-refractivity contribution in [2.45, 2.75) is 25.4 Å². The van der Waals surface area contributed by atoms with Crippen molar-refractivity contribution in [1.29, 1.82) is 0 Å². The summed E-state index contributed by atoms with van der Waals surface area (Å²) in [5.74, 6) is 0. The van der Waals surface area contributed by atoms with E-state index in [9.17, 15) is 26.3 Å². The number of halogens is 8. The molecule has 0 aliphatic rings. The van der Waals surface area contributed by atoms with Crippen LogP contribution < -0.4 is 52.9 Å². The van der Waals surface area contributed by atoms with Gasteiger partial charge in [0.1, 0.15) is 0 Å². The largest absolute Gasteiger partial charge is 1.00 e. The van der Waals surface area contributed by atoms with Crippen molar-refractivity contribution in [1.82, 2.24) is 0 Å². The second kappa shape index (κ2) is 17.9. The van der Waals surface area contributed by atoms with E-state index in [0.29, 0.717) is 24.5 Å². The normalized spacial score (nSPS) is 11.5. The van der Waals surface area contributed by atoms with Crippen molar-refractivity contribution in [3.05, 3.63) is 192 Å². The molecule has 2 aromatic heterocycles. The molecule has 8 rings (SSSR count). The highest BCUT2D eigenvalue weighted by atomic mass is 79.9. The molecule has 0 saturated heterocycles. The van der Waals surface area contributed by atoms with Gasteiger partial charge in [0.2, 0.25) is 11.0 Å². The molecule has 6 aromatic carbocycles. The molecule has 0 radical (unpaired) electrons. The van der Waals surface area contributed by atoms with E-state index >= 15 is 0 Å². The van der Waals surface area contributed by atoms with Gasteiger partial charge in [0.05, 0.1) is 33.3 Å². The van der Waals surface area contributed by atoms with Crippen LogP contribution in [0, 0.1) is 0 Å². The quantitative estimate of drug-likeness (QED) is 0.132. The first-order chi connectivity index (χ1) is 27.8. The highest BCUT2D eigenvalue weighted by molar-refractivity contribution is 5.92. The van der Waals surface area contributed by atoms with Crippen LogP contribution in [0.15, 0.2) is 170 Å². The smallest absolute Gasteiger partial charge is 0.416 e. The van der Waals surface area contributed by atoms with Crippen LogP contribution in [-0.2, 0) is 25.4 Å². The van der Waals surface area contributed by atoms with E-state index in [2.05, 4.69) is 57.7 Å². The fourth-order valence-corrected chi connectivity index (χ4v) is 7.43. The summed E-state index contributed by atoms with van der Waals surface area (Å²) in [6.45, 7) is 1.27. The Morgan fingerprint density at radius 2 is 0.750 bits per heavy atom. The van der Waals surface area contributed by atoms with Crippen LogP contribution in [0.5, 0.6) is 0 Å². The SMILES string of the molecule is CN(c1ccc(C(F)(F)F)cc1)c1cc[n+](Cc2ccc(-c3ccc(C[n+]4ccc(N(C)c5ccc(C(F)(F)F)cc5)c5ccccc54)cc3)cc2)c2ccccc12.[Br-].[Br-]. The van der Waals surface area contributed by atoms with Gasteiger partial charge < -0.3 is 43.8 Å². The number of anilines is 4. The lowest BCUT2D eigenvalue weighted by atomic mass is 10.0. The minimum absolute atomic E-state index is 0. The number of rotatable bonds is 9. The first-order valence-electron chi connectivity index (χ1n) is 18.7. The van der Waals surface area contributed by atoms with Gasteiger partial charge in [-0.3, -0.25) is 0 Å². The molecular weight excluding hydrogens is 906 g/mol. The maximum atomic E-state index is 13.2. The van der Waals surface area contributed by atoms with Crippen molar-refractivity contribution >= 4 is 44.6 Å². The Labute approximate surface area is 365 Å². The van der Waals surface area contributed by atoms with Gasteiger partial charge in [-0.05, 0) is 71.8 Å². The summed E-state index contributed by atoms with van der Waals surface area (Å²) < 4.78 is 83.3. The van der Waals surface area contributed by atoms with Gasteiger partial charge in [0.25, 0.3) is 0 Å². The molecular formula is C48H38Br2F6N4. The third kappa shape index (κ3) is 9.19. The lowest BCUT2D eigenvalue weighted by molar-refractivity contribution is -0.662. The Kier molecular flexibility index (Phi) is 13.1. The van der Waals surface area contributed by atoms with E-state index in [0.717, 1.165) is 79.7 Å². The molecule has 8 aromatic rings. The Hall–Kier alpha value is -5.72. The van der Waals surface area contributed by atoms with Crippen molar-refractivity contribution in [3.8, 4) is 11.1 Å². The summed E-state index contributed by atoms with van der Waals surface area (Å²) in [6, 6.07) is 47.4. The Bertz CT molecular complexity index is 2530. The Morgan fingerprint density at radius 1 is 0.417 bits per heavy atom. The van der Waals surface area contributed by atoms with Crippen LogP contribution >= 0.6 is 0 Å². The van der Waals surface area contributed by atoms with Gasteiger partial charge in [0, 0.05) is 60.9 Å². The second-order valence-electron chi connectivity index (χ2n) is 14.3. The number of hydrogen-bond donors (Lipinski definition) is 0. The van der Waals surface area contributed by atoms with E-state index in [-0.39, 0.29) is 34.0 Å². The van der Waals surface area contributed by atoms with E-state index in [1.165, 1.54) is 24.3 Å². The van der Waals surface area contributed by atoms with Crippen molar-refractivity contribution < 1.29 is 69.4 Å². The summed E-state index contributed by atoms with van der Waals surface area (Å²) >= 11 is 0. The van der Waals surface area contributed by atoms with E-state index in [1.54, 1.807) is 0 Å². The number of benzene rings is 6. The lowest BCUT2D eigenvalue weighted by Gasteiger charge is -2.21. The predicted octanol–water partition coefficient (Wildman–Crippen LogP) is 5.91. The number of pyridine rings is 2. The Balaban J connectivity index is 0.00000302. The molecule has 0 atom stereocenters. The molecule has 60 heavy (non-hydrogen) atoms. The summed E-state index contributed by atoms with van der Waals surface area (Å²) in [4.78, 5) is 3.80. The number of para-hydroxylation sites is 2. The van der Waals surface area contributed by atoms with Crippen LogP contribution in [0.4, 0.5) is 49.1 Å². The fraction of sp³-hybridized carbons (Fsp3) is 0.125. The third-order valence-corrected chi connectivity index (χ3v) is 10.6. The van der Waals surface area contributed by atoms with Crippen LogP contribution in [0.2, 0.25) is 0 Å². The predicted molar refractivity (Wildman–Crippen MR) is 217 cm³/mol. The molecule has 306 valence electrons. The Morgan fingerprint density at radius 3 is 1.08 bits per heavy atom. The standard InChI is InChI=1S/C48H38F6N4.2BrH/c1-55(39-23-19-37(20-24-39)47(49,50)51)43-27-29-57(45-9-5-3-7-41(43)45)31-33-11-15-35(16-12-33)36-17-13-34(14-18-36)32-58-30-28-44(42-8-4-6-10-46(42)58)56(2)40-25-21-38(22-26-40)48(52,53)54;;/h3-30H,31-32H2,1-2H3;2*1H/q+2;;/p-2. The van der Waals surface area contributed by atoms with Crippen molar-refractivity contribution in [3.63, 3.8) is 0 Å². The summed E-state index contributed by atoms with van der Waals surface area (Å²) in [7, 11) is 3.71. The number of alkyl halides is 6. The first kappa shape index (κ1) is 43.8. The monoisotopic (exact) mass is 942 g/mol. The molecule has 0 bridgehead atoms. The highest BCUT2D eigenvalue weighted by Gasteiger charge is 2.31. The van der Waals surface area contributed by atoms with Gasteiger partial charge in [-0.2, -0.15) is 35.5 Å². The van der Waals surface area contributed by atoms with Gasteiger partial charge in [-0.25, -0.2) is 0 Å². The molecule has 0 aliphatic carbocycles. The lowest BCUT2D eigenvalue weighted by Crippen LogP contribution is -3.00. The van der Waals surface area contributed by atoms with Crippen LogP contribution in [0.3, 0.4) is 0 Å². The number of nitrogens with zero attached hydrogens (tertiary/aromatic N) is 4. The van der Waals surface area contributed by atoms with Crippen molar-refractivity contribution in [2.75, 3.05) is 23.9 Å². The molecule has 0 saturated carbocycles. The average molecular weight is 945 g/mol. The van der Waals surface area contributed by atoms with Crippen molar-refractivity contribution in [2.24, 2.45) is 0 Å². The number of hydrogen-bond acceptors (Lipinski definition) is 2. The number of aromatic nitrogens is 2. The molecule has 0 spiro atoms. The zero-order chi connectivity index (χ0) is 40.6. The molecule has 0 aliphatic heterocycles. The van der Waals surface area contributed by atoms with E-state index in [1.807, 2.05) is 97.0 Å². The van der Waals surface area contributed by atoms with Gasteiger partial charge in [-0.1, -0.05) is 72.8 Å². The summed E-state index contributed by atoms with van der Waals surface area (Å²) in [5.41, 5.74) is 8.17. The van der Waals surface area contributed by atoms with E-state index < -0.39 is 23.5 Å². The zero-order valence-corrected chi connectivity index (χ0v) is 35.6. The summed E-state index contributed by atoms with van der Waals surface area (Å²) in [6.07, 6.45) is -4.75. The highest BCUT2D eigenvalue weighted by Crippen LogP contribution is 2.35. The van der Waals surface area contributed by atoms with Gasteiger partial charge in [-0.15, -0.1) is 0 Å². The third-order valence-electron chi connectivity index (χ3n) is 10.6. The first-order valence-corrected chi connectivity index (χ1v) is 18.7. The zero-order valence-electron chi connectivity index (χ0n) is 32.4. The molecule has 0 N–H and O–H groups in total. The van der Waals surface area contributed by atoms with E-state index in [4.69, 9.17) is 0 Å². The molecule has 4 nitrogen and oxygen atoms in total. The molecule has 0 unspecified atom stereocenters. The molecule has 12 heteroatoms. The average Bonchev–Trinajstić information content (AvgIpc) is 3.23. The minimum Gasteiger partial charge on any atom is -1.00 e. The fourth-order valence-electron chi connectivity index (χ4n) is 7.43. The molecule has 0 amide bonds. The van der Waals surface area contributed by atoms with Gasteiger partial charge in [0.15, 0.2) is 25.5 Å². The van der Waals surface area contributed by atoms with Crippen LogP contribution in [0.1, 0.15) is 22.3 Å². The maximum absolute atomic E-state index is 13.2. The maximum Gasteiger partial charge on any atom is 0.416 e. The molecule has 2 heterocycles. The summed E-state index contributed by atoms with van der Waals surface area (Å²) in [5, 5.41) is 1.97. The van der Waals surface area contributed by atoms with Gasteiger partial charge >= 0.3 is 12.4 Å². The topological polar surface area (TPSA) is 14.2 Å².